The molecule has 0 aliphatic carbocycles. The van der Waals surface area contributed by atoms with Gasteiger partial charge >= 0.3 is 0 Å². The lowest BCUT2D eigenvalue weighted by atomic mass is 10.1. The highest BCUT2D eigenvalue weighted by Crippen LogP contribution is 2.31. The minimum absolute atomic E-state index is 0.0328. The van der Waals surface area contributed by atoms with Crippen molar-refractivity contribution in [1.29, 1.82) is 0 Å². The average molecular weight is 289 g/mol. The van der Waals surface area contributed by atoms with Crippen molar-refractivity contribution in [2.75, 3.05) is 13.2 Å². The Hall–Kier alpha value is -2.01. The largest absolute Gasteiger partial charge is 0.490 e. The Bertz CT molecular complexity index is 581. The molecule has 2 aromatic rings. The van der Waals surface area contributed by atoms with E-state index in [4.69, 9.17) is 15.2 Å². The van der Waals surface area contributed by atoms with E-state index >= 15 is 0 Å². The first kappa shape index (κ1) is 15.4. The van der Waals surface area contributed by atoms with Crippen LogP contribution >= 0.6 is 0 Å². The van der Waals surface area contributed by atoms with Crippen molar-refractivity contribution in [3.63, 3.8) is 0 Å². The molecule has 0 unspecified atom stereocenters. The minimum Gasteiger partial charge on any atom is -0.490 e. The van der Waals surface area contributed by atoms with Crippen molar-refractivity contribution >= 4 is 0 Å². The molecule has 0 amide bonds. The molecule has 2 N–H and O–H groups in total. The number of hydrogen-bond acceptors (Lipinski definition) is 4. The summed E-state index contributed by atoms with van der Waals surface area (Å²) in [6.45, 7) is 7.17. The number of benzene rings is 1. The van der Waals surface area contributed by atoms with Crippen LogP contribution in [-0.4, -0.2) is 22.8 Å². The molecule has 1 heterocycles. The van der Waals surface area contributed by atoms with Crippen LogP contribution in [0.4, 0.5) is 0 Å². The Kier molecular flexibility index (Phi) is 5.22. The number of aromatic nitrogens is 2. The van der Waals surface area contributed by atoms with Crippen LogP contribution in [0.15, 0.2) is 30.7 Å². The van der Waals surface area contributed by atoms with E-state index in [2.05, 4.69) is 11.9 Å². The smallest absolute Gasteiger partial charge is 0.163 e. The first-order valence-corrected chi connectivity index (χ1v) is 7.39. The van der Waals surface area contributed by atoms with Crippen LogP contribution in [0, 0.1) is 0 Å². The Balaban J connectivity index is 2.40. The Morgan fingerprint density at radius 3 is 2.52 bits per heavy atom. The molecular formula is C16H23N3O2. The lowest BCUT2D eigenvalue weighted by molar-refractivity contribution is 0.287. The van der Waals surface area contributed by atoms with Gasteiger partial charge in [0.25, 0.3) is 0 Å². The molecule has 5 heteroatoms. The molecule has 0 radical (unpaired) electrons. The summed E-state index contributed by atoms with van der Waals surface area (Å²) in [6.07, 6.45) is 4.45. The predicted octanol–water partition coefficient (Wildman–Crippen LogP) is 3.08. The number of imidazole rings is 1. The summed E-state index contributed by atoms with van der Waals surface area (Å²) in [4.78, 5) is 4.21. The third-order valence-electron chi connectivity index (χ3n) is 3.29. The van der Waals surface area contributed by atoms with Gasteiger partial charge < -0.3 is 19.8 Å². The van der Waals surface area contributed by atoms with Gasteiger partial charge in [0.05, 0.1) is 37.1 Å². The number of nitrogens with two attached hydrogens (primary N) is 1. The van der Waals surface area contributed by atoms with Crippen molar-refractivity contribution < 1.29 is 9.47 Å². The average Bonchev–Trinajstić information content (AvgIpc) is 2.98. The zero-order chi connectivity index (χ0) is 15.2. The molecule has 0 aliphatic rings. The van der Waals surface area contributed by atoms with E-state index in [9.17, 15) is 0 Å². The molecule has 0 spiro atoms. The maximum Gasteiger partial charge on any atom is 0.163 e. The lowest BCUT2D eigenvalue weighted by Crippen LogP contribution is -2.13. The summed E-state index contributed by atoms with van der Waals surface area (Å²) in [5.74, 6) is 1.49. The molecule has 21 heavy (non-hydrogen) atoms. The molecule has 1 aromatic heterocycles. The van der Waals surface area contributed by atoms with Gasteiger partial charge in [-0.2, -0.15) is 0 Å². The molecule has 1 atom stereocenters. The SMILES string of the molecule is CCOc1ccc(-n2cncc2[C@H](N)CC)cc1OCC. The van der Waals surface area contributed by atoms with E-state index in [-0.39, 0.29) is 6.04 Å². The summed E-state index contributed by atoms with van der Waals surface area (Å²) >= 11 is 0. The maximum atomic E-state index is 6.13. The zero-order valence-corrected chi connectivity index (χ0v) is 12.9. The van der Waals surface area contributed by atoms with Crippen LogP contribution in [0.25, 0.3) is 5.69 Å². The van der Waals surface area contributed by atoms with Gasteiger partial charge in [0.15, 0.2) is 11.5 Å². The summed E-state index contributed by atoms with van der Waals surface area (Å²) in [5.41, 5.74) is 8.09. The normalized spacial score (nSPS) is 12.2. The second-order valence-corrected chi connectivity index (χ2v) is 4.70. The van der Waals surface area contributed by atoms with Crippen molar-refractivity contribution in [2.45, 2.75) is 33.2 Å². The van der Waals surface area contributed by atoms with E-state index in [0.717, 1.165) is 29.3 Å². The molecule has 0 fully saturated rings. The first-order chi connectivity index (χ1) is 10.2. The van der Waals surface area contributed by atoms with Crippen molar-refractivity contribution in [3.8, 4) is 17.2 Å². The molecule has 1 aromatic carbocycles. The van der Waals surface area contributed by atoms with Crippen molar-refractivity contribution in [3.05, 3.63) is 36.4 Å². The highest BCUT2D eigenvalue weighted by molar-refractivity contribution is 5.49. The van der Waals surface area contributed by atoms with E-state index in [1.54, 1.807) is 6.33 Å². The molecule has 0 aliphatic heterocycles. The Labute approximate surface area is 125 Å². The number of ether oxygens (including phenoxy) is 2. The van der Waals surface area contributed by atoms with Gasteiger partial charge in [-0.25, -0.2) is 4.98 Å². The Morgan fingerprint density at radius 1 is 1.14 bits per heavy atom. The van der Waals surface area contributed by atoms with Crippen LogP contribution < -0.4 is 15.2 Å². The maximum absolute atomic E-state index is 6.13. The molecule has 2 rings (SSSR count). The summed E-state index contributed by atoms with van der Waals surface area (Å²) in [6, 6.07) is 5.84. The fourth-order valence-corrected chi connectivity index (χ4v) is 2.19. The van der Waals surface area contributed by atoms with Crippen LogP contribution in [0.1, 0.15) is 38.9 Å². The van der Waals surface area contributed by atoms with E-state index in [1.165, 1.54) is 0 Å². The summed E-state index contributed by atoms with van der Waals surface area (Å²) in [5, 5.41) is 0. The van der Waals surface area contributed by atoms with Gasteiger partial charge in [0.2, 0.25) is 0 Å². The molecule has 114 valence electrons. The monoisotopic (exact) mass is 289 g/mol. The molecule has 0 saturated heterocycles. The minimum atomic E-state index is -0.0328. The lowest BCUT2D eigenvalue weighted by Gasteiger charge is -2.16. The van der Waals surface area contributed by atoms with E-state index in [0.29, 0.717) is 13.2 Å². The number of rotatable bonds is 7. The first-order valence-electron chi connectivity index (χ1n) is 7.39. The van der Waals surface area contributed by atoms with E-state index < -0.39 is 0 Å². The fourth-order valence-electron chi connectivity index (χ4n) is 2.19. The van der Waals surface area contributed by atoms with Crippen molar-refractivity contribution in [1.82, 2.24) is 9.55 Å². The third kappa shape index (κ3) is 3.36. The van der Waals surface area contributed by atoms with Gasteiger partial charge in [-0.3, -0.25) is 0 Å². The summed E-state index contributed by atoms with van der Waals surface area (Å²) in [7, 11) is 0. The van der Waals surface area contributed by atoms with Gasteiger partial charge in [0.1, 0.15) is 0 Å². The Morgan fingerprint density at radius 2 is 1.86 bits per heavy atom. The van der Waals surface area contributed by atoms with Crippen LogP contribution in [-0.2, 0) is 0 Å². The predicted molar refractivity (Wildman–Crippen MR) is 83.1 cm³/mol. The topological polar surface area (TPSA) is 62.3 Å². The summed E-state index contributed by atoms with van der Waals surface area (Å²) < 4.78 is 13.2. The standard InChI is InChI=1S/C16H23N3O2/c1-4-13(17)14-10-18-11-19(14)12-7-8-15(20-5-2)16(9-12)21-6-3/h7-11,13H,4-6,17H2,1-3H3/t13-/m1/s1. The van der Waals surface area contributed by atoms with Gasteiger partial charge in [-0.05, 0) is 32.4 Å². The van der Waals surface area contributed by atoms with E-state index in [1.807, 2.05) is 42.8 Å². The quantitative estimate of drug-likeness (QED) is 0.851. The highest BCUT2D eigenvalue weighted by atomic mass is 16.5. The van der Waals surface area contributed by atoms with Gasteiger partial charge in [0, 0.05) is 12.1 Å². The molecular weight excluding hydrogens is 266 g/mol. The van der Waals surface area contributed by atoms with Gasteiger partial charge in [-0.15, -0.1) is 0 Å². The second-order valence-electron chi connectivity index (χ2n) is 4.70. The molecule has 0 saturated carbocycles. The number of nitrogens with zero attached hydrogens (tertiary/aromatic N) is 2. The number of hydrogen-bond donors (Lipinski definition) is 1. The third-order valence-corrected chi connectivity index (χ3v) is 3.29. The van der Waals surface area contributed by atoms with Crippen LogP contribution in [0.2, 0.25) is 0 Å². The van der Waals surface area contributed by atoms with Crippen LogP contribution in [0.5, 0.6) is 11.5 Å². The van der Waals surface area contributed by atoms with Crippen molar-refractivity contribution in [2.24, 2.45) is 5.73 Å². The fraction of sp³-hybridized carbons (Fsp3) is 0.438. The highest BCUT2D eigenvalue weighted by Gasteiger charge is 2.13. The second kappa shape index (κ2) is 7.13. The zero-order valence-electron chi connectivity index (χ0n) is 12.9. The van der Waals surface area contributed by atoms with Gasteiger partial charge in [-0.1, -0.05) is 6.92 Å². The van der Waals surface area contributed by atoms with Crippen LogP contribution in [0.3, 0.4) is 0 Å². The molecule has 0 bridgehead atoms. The molecule has 5 nitrogen and oxygen atoms in total.